The van der Waals surface area contributed by atoms with Gasteiger partial charge in [-0.15, -0.1) is 11.3 Å². The molecular formula is C18H18N2O2S. The van der Waals surface area contributed by atoms with Crippen molar-refractivity contribution in [2.45, 2.75) is 32.6 Å². The summed E-state index contributed by atoms with van der Waals surface area (Å²) in [5.41, 5.74) is 1.88. The molecule has 1 aliphatic heterocycles. The fraction of sp³-hybridized carbons (Fsp3) is 0.389. The lowest BCUT2D eigenvalue weighted by Gasteiger charge is -2.19. The fourth-order valence-electron chi connectivity index (χ4n) is 3.69. The summed E-state index contributed by atoms with van der Waals surface area (Å²) in [6.07, 6.45) is 3.75. The van der Waals surface area contributed by atoms with Gasteiger partial charge < -0.3 is 0 Å². The highest BCUT2D eigenvalue weighted by atomic mass is 32.1. The fourth-order valence-corrected chi connectivity index (χ4v) is 4.63. The van der Waals surface area contributed by atoms with Crippen LogP contribution in [0, 0.1) is 18.8 Å². The summed E-state index contributed by atoms with van der Waals surface area (Å²) in [6, 6.07) is 9.89. The summed E-state index contributed by atoms with van der Waals surface area (Å²) in [5.74, 6) is -0.345. The van der Waals surface area contributed by atoms with Crippen molar-refractivity contribution < 1.29 is 9.59 Å². The maximum absolute atomic E-state index is 12.7. The number of carbonyl (C=O) groups excluding carboxylic acids is 2. The third-order valence-electron chi connectivity index (χ3n) is 4.86. The van der Waals surface area contributed by atoms with Gasteiger partial charge in [-0.25, -0.2) is 9.88 Å². The van der Waals surface area contributed by atoms with Gasteiger partial charge >= 0.3 is 0 Å². The number of hydrogen-bond acceptors (Lipinski definition) is 4. The molecule has 2 amide bonds. The lowest BCUT2D eigenvalue weighted by molar-refractivity contribution is -0.122. The molecule has 23 heavy (non-hydrogen) atoms. The zero-order valence-corrected chi connectivity index (χ0v) is 13.8. The van der Waals surface area contributed by atoms with E-state index < -0.39 is 0 Å². The third kappa shape index (κ3) is 2.30. The molecule has 2 fully saturated rings. The normalized spacial score (nSPS) is 24.1. The van der Waals surface area contributed by atoms with E-state index >= 15 is 0 Å². The average molecular weight is 326 g/mol. The molecule has 0 spiro atoms. The number of imide groups is 1. The van der Waals surface area contributed by atoms with Gasteiger partial charge in [0.05, 0.1) is 17.5 Å². The van der Waals surface area contributed by atoms with Crippen LogP contribution in [0.4, 0.5) is 5.13 Å². The highest BCUT2D eigenvalue weighted by Gasteiger charge is 2.49. The predicted molar refractivity (Wildman–Crippen MR) is 90.2 cm³/mol. The van der Waals surface area contributed by atoms with E-state index in [2.05, 4.69) is 4.98 Å². The number of carbonyl (C=O) groups is 2. The van der Waals surface area contributed by atoms with Gasteiger partial charge in [-0.2, -0.15) is 0 Å². The van der Waals surface area contributed by atoms with E-state index in [0.29, 0.717) is 5.13 Å². The van der Waals surface area contributed by atoms with Crippen LogP contribution in [0.2, 0.25) is 0 Å². The van der Waals surface area contributed by atoms with Gasteiger partial charge in [-0.05, 0) is 19.8 Å². The quantitative estimate of drug-likeness (QED) is 0.789. The van der Waals surface area contributed by atoms with Gasteiger partial charge in [0.15, 0.2) is 5.13 Å². The zero-order valence-electron chi connectivity index (χ0n) is 13.0. The van der Waals surface area contributed by atoms with E-state index in [0.717, 1.165) is 41.8 Å². The summed E-state index contributed by atoms with van der Waals surface area (Å²) in [7, 11) is 0. The van der Waals surface area contributed by atoms with E-state index in [-0.39, 0.29) is 23.7 Å². The second kappa shape index (κ2) is 5.57. The maximum Gasteiger partial charge on any atom is 0.239 e. The van der Waals surface area contributed by atoms with E-state index in [9.17, 15) is 9.59 Å². The van der Waals surface area contributed by atoms with E-state index in [1.165, 1.54) is 16.2 Å². The molecule has 118 valence electrons. The predicted octanol–water partition coefficient (Wildman–Crippen LogP) is 3.80. The lowest BCUT2D eigenvalue weighted by atomic mass is 9.81. The minimum absolute atomic E-state index is 0.0481. The Bertz CT molecular complexity index is 745. The number of fused-ring (bicyclic) bond motifs is 1. The van der Waals surface area contributed by atoms with E-state index in [1.807, 2.05) is 37.3 Å². The molecule has 0 radical (unpaired) electrons. The van der Waals surface area contributed by atoms with Crippen LogP contribution < -0.4 is 4.90 Å². The molecule has 0 unspecified atom stereocenters. The number of aromatic nitrogens is 1. The largest absolute Gasteiger partial charge is 0.274 e. The van der Waals surface area contributed by atoms with Crippen molar-refractivity contribution in [3.63, 3.8) is 0 Å². The Labute approximate surface area is 139 Å². The Morgan fingerprint density at radius 1 is 1.04 bits per heavy atom. The van der Waals surface area contributed by atoms with Crippen molar-refractivity contribution in [1.29, 1.82) is 0 Å². The van der Waals surface area contributed by atoms with Crippen molar-refractivity contribution >= 4 is 28.3 Å². The molecule has 2 heterocycles. The monoisotopic (exact) mass is 326 g/mol. The molecule has 2 atom stereocenters. The van der Waals surface area contributed by atoms with Crippen molar-refractivity contribution in [2.24, 2.45) is 11.8 Å². The summed E-state index contributed by atoms with van der Waals surface area (Å²) in [6.45, 7) is 1.99. The molecule has 1 aromatic carbocycles. The first-order chi connectivity index (χ1) is 11.2. The van der Waals surface area contributed by atoms with Crippen LogP contribution in [-0.4, -0.2) is 16.8 Å². The summed E-state index contributed by atoms with van der Waals surface area (Å²) >= 11 is 1.43. The molecule has 1 saturated carbocycles. The summed E-state index contributed by atoms with van der Waals surface area (Å²) < 4.78 is 0. The van der Waals surface area contributed by atoms with Crippen molar-refractivity contribution in [1.82, 2.24) is 4.98 Å². The molecule has 1 aliphatic carbocycles. The zero-order chi connectivity index (χ0) is 16.0. The Hall–Kier alpha value is -2.01. The molecule has 5 heteroatoms. The van der Waals surface area contributed by atoms with Crippen LogP contribution in [0.15, 0.2) is 30.3 Å². The number of thiazole rings is 1. The smallest absolute Gasteiger partial charge is 0.239 e. The Morgan fingerprint density at radius 3 is 2.26 bits per heavy atom. The van der Waals surface area contributed by atoms with Gasteiger partial charge in [-0.3, -0.25) is 9.59 Å². The highest BCUT2D eigenvalue weighted by molar-refractivity contribution is 7.16. The number of aryl methyl sites for hydroxylation is 1. The Kier molecular flexibility index (Phi) is 3.53. The van der Waals surface area contributed by atoms with Crippen molar-refractivity contribution in [3.05, 3.63) is 35.2 Å². The van der Waals surface area contributed by atoms with Crippen molar-refractivity contribution in [3.8, 4) is 11.3 Å². The molecule has 2 aromatic rings. The molecule has 4 nitrogen and oxygen atoms in total. The summed E-state index contributed by atoms with van der Waals surface area (Å²) in [4.78, 5) is 32.4. The number of anilines is 1. The van der Waals surface area contributed by atoms with Crippen LogP contribution in [0.5, 0.6) is 0 Å². The number of nitrogens with zero attached hydrogens (tertiary/aromatic N) is 2. The first-order valence-electron chi connectivity index (χ1n) is 8.07. The first kappa shape index (κ1) is 14.6. The van der Waals surface area contributed by atoms with Gasteiger partial charge in [0, 0.05) is 10.4 Å². The molecule has 1 saturated heterocycles. The van der Waals surface area contributed by atoms with Crippen molar-refractivity contribution in [2.75, 3.05) is 4.90 Å². The second-order valence-electron chi connectivity index (χ2n) is 6.28. The highest BCUT2D eigenvalue weighted by Crippen LogP contribution is 2.42. The minimum Gasteiger partial charge on any atom is -0.274 e. The van der Waals surface area contributed by atoms with Gasteiger partial charge in [0.1, 0.15) is 0 Å². The van der Waals surface area contributed by atoms with E-state index in [1.54, 1.807) is 0 Å². The van der Waals surface area contributed by atoms with Crippen LogP contribution >= 0.6 is 11.3 Å². The molecule has 0 bridgehead atoms. The minimum atomic E-state index is -0.124. The lowest BCUT2D eigenvalue weighted by Crippen LogP contribution is -2.30. The average Bonchev–Trinajstić information content (AvgIpc) is 3.07. The Morgan fingerprint density at radius 2 is 1.65 bits per heavy atom. The molecule has 1 aromatic heterocycles. The molecule has 4 rings (SSSR count). The third-order valence-corrected chi connectivity index (χ3v) is 5.82. The standard InChI is InChI=1S/C18H18N2O2S/c1-11-15(12-7-3-2-4-8-12)19-18(23-11)20-16(21)13-9-5-6-10-14(13)17(20)22/h2-4,7-8,13-14H,5-6,9-10H2,1H3/t13-,14+. The SMILES string of the molecule is Cc1sc(N2C(=O)[C@H]3CCCC[C@H]3C2=O)nc1-c1ccccc1. The Balaban J connectivity index is 1.71. The van der Waals surface area contributed by atoms with Crippen LogP contribution in [0.25, 0.3) is 11.3 Å². The molecular weight excluding hydrogens is 308 g/mol. The number of hydrogen-bond donors (Lipinski definition) is 0. The van der Waals surface area contributed by atoms with Gasteiger partial charge in [-0.1, -0.05) is 43.2 Å². The first-order valence-corrected chi connectivity index (χ1v) is 8.89. The van der Waals surface area contributed by atoms with Crippen LogP contribution in [0.1, 0.15) is 30.6 Å². The number of benzene rings is 1. The van der Waals surface area contributed by atoms with Crippen LogP contribution in [-0.2, 0) is 9.59 Å². The molecule has 2 aliphatic rings. The van der Waals surface area contributed by atoms with Gasteiger partial charge in [0.2, 0.25) is 11.8 Å². The molecule has 0 N–H and O–H groups in total. The van der Waals surface area contributed by atoms with Crippen LogP contribution in [0.3, 0.4) is 0 Å². The maximum atomic E-state index is 12.7. The number of amides is 2. The van der Waals surface area contributed by atoms with Gasteiger partial charge in [0.25, 0.3) is 0 Å². The summed E-state index contributed by atoms with van der Waals surface area (Å²) in [5, 5.41) is 0.533. The topological polar surface area (TPSA) is 50.3 Å². The van der Waals surface area contributed by atoms with E-state index in [4.69, 9.17) is 0 Å². The second-order valence-corrected chi connectivity index (χ2v) is 7.46. The number of rotatable bonds is 2.